The maximum absolute atomic E-state index is 13.5. The number of amides is 1. The largest absolute Gasteiger partial charge is 0.508 e. The van der Waals surface area contributed by atoms with E-state index in [1.165, 1.54) is 30.3 Å². The minimum atomic E-state index is -0.826. The van der Waals surface area contributed by atoms with E-state index in [-0.39, 0.29) is 23.9 Å². The lowest BCUT2D eigenvalue weighted by atomic mass is 10.3. The molecule has 0 spiro atoms. The molecule has 0 atom stereocenters. The molecule has 25 heavy (non-hydrogen) atoms. The molecule has 0 aliphatic heterocycles. The van der Waals surface area contributed by atoms with Crippen LogP contribution in [-0.2, 0) is 6.61 Å². The van der Waals surface area contributed by atoms with Gasteiger partial charge in [-0.05, 0) is 36.4 Å². The van der Waals surface area contributed by atoms with Crippen molar-refractivity contribution in [3.05, 3.63) is 77.8 Å². The zero-order valence-corrected chi connectivity index (χ0v) is 12.8. The van der Waals surface area contributed by atoms with Crippen LogP contribution in [0, 0.1) is 11.6 Å². The second kappa shape index (κ2) is 7.04. The van der Waals surface area contributed by atoms with Crippen molar-refractivity contribution < 1.29 is 27.8 Å². The fraction of sp³-hybridized carbons (Fsp3) is 0.0556. The predicted octanol–water partition coefficient (Wildman–Crippen LogP) is 4.09. The third-order valence-electron chi connectivity index (χ3n) is 3.25. The molecule has 2 N–H and O–H groups in total. The van der Waals surface area contributed by atoms with Crippen molar-refractivity contribution in [2.24, 2.45) is 0 Å². The van der Waals surface area contributed by atoms with Gasteiger partial charge in [-0.3, -0.25) is 4.79 Å². The van der Waals surface area contributed by atoms with E-state index < -0.39 is 17.5 Å². The first-order chi connectivity index (χ1) is 12.0. The van der Waals surface area contributed by atoms with Gasteiger partial charge < -0.3 is 19.6 Å². The van der Waals surface area contributed by atoms with Gasteiger partial charge in [-0.2, -0.15) is 0 Å². The third-order valence-corrected chi connectivity index (χ3v) is 3.25. The topological polar surface area (TPSA) is 71.7 Å². The molecule has 0 unspecified atom stereocenters. The molecule has 0 saturated heterocycles. The molecule has 3 rings (SSSR count). The van der Waals surface area contributed by atoms with Gasteiger partial charge >= 0.3 is 0 Å². The highest BCUT2D eigenvalue weighted by molar-refractivity contribution is 6.02. The van der Waals surface area contributed by atoms with Crippen molar-refractivity contribution >= 4 is 11.6 Å². The Hall–Kier alpha value is -3.35. The van der Waals surface area contributed by atoms with E-state index in [9.17, 15) is 18.7 Å². The Morgan fingerprint density at radius 1 is 1.12 bits per heavy atom. The molecule has 0 saturated carbocycles. The van der Waals surface area contributed by atoms with Gasteiger partial charge in [0, 0.05) is 17.8 Å². The molecule has 3 aromatic rings. The summed E-state index contributed by atoms with van der Waals surface area (Å²) in [7, 11) is 0. The number of rotatable bonds is 5. The van der Waals surface area contributed by atoms with Gasteiger partial charge in [0.05, 0.1) is 0 Å². The van der Waals surface area contributed by atoms with Crippen molar-refractivity contribution in [1.82, 2.24) is 0 Å². The van der Waals surface area contributed by atoms with Gasteiger partial charge in [0.15, 0.2) is 17.3 Å². The van der Waals surface area contributed by atoms with E-state index in [1.54, 1.807) is 12.1 Å². The number of halogens is 2. The van der Waals surface area contributed by atoms with Crippen LogP contribution in [0.1, 0.15) is 16.3 Å². The number of carbonyl (C=O) groups is 1. The van der Waals surface area contributed by atoms with Gasteiger partial charge in [0.25, 0.3) is 5.91 Å². The van der Waals surface area contributed by atoms with Crippen LogP contribution in [0.5, 0.6) is 11.5 Å². The van der Waals surface area contributed by atoms with E-state index in [1.807, 2.05) is 0 Å². The fourth-order valence-corrected chi connectivity index (χ4v) is 2.10. The van der Waals surface area contributed by atoms with E-state index >= 15 is 0 Å². The second-order valence-electron chi connectivity index (χ2n) is 5.13. The van der Waals surface area contributed by atoms with Gasteiger partial charge in [-0.1, -0.05) is 6.07 Å². The fourth-order valence-electron chi connectivity index (χ4n) is 2.10. The molecule has 1 heterocycles. The number of furan rings is 1. The molecular formula is C18H13F2NO4. The summed E-state index contributed by atoms with van der Waals surface area (Å²) in [5.41, 5.74) is 0.410. The number of hydrogen-bond acceptors (Lipinski definition) is 4. The Bertz CT molecular complexity index is 908. The van der Waals surface area contributed by atoms with Gasteiger partial charge in [0.1, 0.15) is 23.9 Å². The molecule has 0 bridgehead atoms. The second-order valence-corrected chi connectivity index (χ2v) is 5.13. The summed E-state index contributed by atoms with van der Waals surface area (Å²) in [4.78, 5) is 12.1. The molecule has 5 nitrogen and oxygen atoms in total. The van der Waals surface area contributed by atoms with E-state index in [4.69, 9.17) is 9.15 Å². The van der Waals surface area contributed by atoms with Crippen LogP contribution < -0.4 is 10.1 Å². The highest BCUT2D eigenvalue weighted by atomic mass is 19.1. The normalized spacial score (nSPS) is 10.5. The number of nitrogens with one attached hydrogen (secondary N) is 1. The number of benzene rings is 2. The van der Waals surface area contributed by atoms with E-state index in [2.05, 4.69) is 5.32 Å². The molecule has 1 aromatic heterocycles. The Balaban J connectivity index is 1.62. The minimum Gasteiger partial charge on any atom is -0.508 e. The van der Waals surface area contributed by atoms with Gasteiger partial charge in [-0.25, -0.2) is 8.78 Å². The smallest absolute Gasteiger partial charge is 0.291 e. The number of ether oxygens (including phenoxy) is 1. The van der Waals surface area contributed by atoms with Crippen LogP contribution in [0.4, 0.5) is 14.5 Å². The quantitative estimate of drug-likeness (QED) is 0.730. The molecule has 2 aromatic carbocycles. The zero-order valence-electron chi connectivity index (χ0n) is 12.8. The first-order valence-electron chi connectivity index (χ1n) is 7.28. The Labute approximate surface area is 141 Å². The number of phenols is 1. The monoisotopic (exact) mass is 345 g/mol. The number of aromatic hydroxyl groups is 1. The Morgan fingerprint density at radius 2 is 1.96 bits per heavy atom. The molecule has 0 aliphatic carbocycles. The standard InChI is InChI=1S/C18H13F2NO4/c19-11-4-6-16(15(20)8-11)24-10-14-5-7-17(25-14)18(23)21-12-2-1-3-13(22)9-12/h1-9,22H,10H2,(H,21,23). The minimum absolute atomic E-state index is 0.0210. The SMILES string of the molecule is O=C(Nc1cccc(O)c1)c1ccc(COc2ccc(F)cc2F)o1. The molecule has 1 amide bonds. The summed E-state index contributed by atoms with van der Waals surface area (Å²) in [5.74, 6) is -1.81. The molecule has 0 fully saturated rings. The van der Waals surface area contributed by atoms with Crippen molar-refractivity contribution in [2.45, 2.75) is 6.61 Å². The van der Waals surface area contributed by atoms with Crippen LogP contribution in [0.15, 0.2) is 59.0 Å². The first kappa shape index (κ1) is 16.5. The lowest BCUT2D eigenvalue weighted by molar-refractivity contribution is 0.0992. The van der Waals surface area contributed by atoms with Crippen LogP contribution in [-0.4, -0.2) is 11.0 Å². The van der Waals surface area contributed by atoms with Gasteiger partial charge in [0.2, 0.25) is 0 Å². The average molecular weight is 345 g/mol. The summed E-state index contributed by atoms with van der Waals surface area (Å²) in [6.45, 7) is -0.123. The lowest BCUT2D eigenvalue weighted by Gasteiger charge is -2.05. The van der Waals surface area contributed by atoms with Crippen LogP contribution >= 0.6 is 0 Å². The Morgan fingerprint density at radius 3 is 2.72 bits per heavy atom. The summed E-state index contributed by atoms with van der Waals surface area (Å²) in [6, 6.07) is 12.0. The van der Waals surface area contributed by atoms with Crippen molar-refractivity contribution in [3.63, 3.8) is 0 Å². The van der Waals surface area contributed by atoms with Crippen LogP contribution in [0.2, 0.25) is 0 Å². The third kappa shape index (κ3) is 4.14. The molecule has 0 radical (unpaired) electrons. The average Bonchev–Trinajstić information content (AvgIpc) is 3.03. The molecule has 0 aliphatic rings. The van der Waals surface area contributed by atoms with Crippen molar-refractivity contribution in [2.75, 3.05) is 5.32 Å². The van der Waals surface area contributed by atoms with Crippen LogP contribution in [0.25, 0.3) is 0 Å². The summed E-state index contributed by atoms with van der Waals surface area (Å²) in [5, 5.41) is 11.9. The van der Waals surface area contributed by atoms with Crippen LogP contribution in [0.3, 0.4) is 0 Å². The van der Waals surface area contributed by atoms with Crippen molar-refractivity contribution in [3.8, 4) is 11.5 Å². The molecule has 7 heteroatoms. The summed E-state index contributed by atoms with van der Waals surface area (Å²) >= 11 is 0. The Kier molecular flexibility index (Phi) is 4.65. The predicted molar refractivity (Wildman–Crippen MR) is 85.5 cm³/mol. The summed E-state index contributed by atoms with van der Waals surface area (Å²) < 4.78 is 36.9. The number of hydrogen-bond donors (Lipinski definition) is 2. The molecular weight excluding hydrogens is 332 g/mol. The number of carbonyl (C=O) groups excluding carboxylic acids is 1. The molecule has 128 valence electrons. The zero-order chi connectivity index (χ0) is 17.8. The number of anilines is 1. The maximum atomic E-state index is 13.5. The maximum Gasteiger partial charge on any atom is 0.291 e. The lowest BCUT2D eigenvalue weighted by Crippen LogP contribution is -2.10. The van der Waals surface area contributed by atoms with E-state index in [0.29, 0.717) is 17.5 Å². The van der Waals surface area contributed by atoms with E-state index in [0.717, 1.165) is 6.07 Å². The first-order valence-corrected chi connectivity index (χ1v) is 7.28. The van der Waals surface area contributed by atoms with Gasteiger partial charge in [-0.15, -0.1) is 0 Å². The van der Waals surface area contributed by atoms with Crippen molar-refractivity contribution in [1.29, 1.82) is 0 Å². The highest BCUT2D eigenvalue weighted by Gasteiger charge is 2.13. The number of phenolic OH excluding ortho intramolecular Hbond substituents is 1. The highest BCUT2D eigenvalue weighted by Crippen LogP contribution is 2.20. The summed E-state index contributed by atoms with van der Waals surface area (Å²) in [6.07, 6.45) is 0.